The number of rotatable bonds is 6. The van der Waals surface area contributed by atoms with Crippen molar-refractivity contribution in [3.05, 3.63) is 74.6 Å². The topological polar surface area (TPSA) is 79.2 Å². The van der Waals surface area contributed by atoms with Crippen molar-refractivity contribution in [1.29, 1.82) is 5.26 Å². The van der Waals surface area contributed by atoms with E-state index in [1.54, 1.807) is 30.3 Å². The number of nitriles is 1. The molecule has 5 nitrogen and oxygen atoms in total. The number of carbonyl (C=O) groups is 2. The number of anilines is 1. The number of carbonyl (C=O) groups excluding carboxylic acids is 2. The fraction of sp³-hybridized carbons (Fsp3) is 0.0500. The van der Waals surface area contributed by atoms with Gasteiger partial charge >= 0.3 is 5.97 Å². The van der Waals surface area contributed by atoms with Gasteiger partial charge in [0.1, 0.15) is 6.07 Å². The predicted octanol–water partition coefficient (Wildman–Crippen LogP) is 4.40. The van der Waals surface area contributed by atoms with Crippen LogP contribution in [0, 0.1) is 11.3 Å². The lowest BCUT2D eigenvalue weighted by molar-refractivity contribution is -0.141. The van der Waals surface area contributed by atoms with E-state index < -0.39 is 18.5 Å². The number of benzene rings is 1. The van der Waals surface area contributed by atoms with Crippen LogP contribution in [0.3, 0.4) is 0 Å². The van der Waals surface area contributed by atoms with E-state index in [-0.39, 0.29) is 0 Å². The number of ether oxygens (including phenoxy) is 1. The first-order chi connectivity index (χ1) is 13.2. The van der Waals surface area contributed by atoms with E-state index in [2.05, 4.69) is 5.32 Å². The summed E-state index contributed by atoms with van der Waals surface area (Å²) in [5, 5.41) is 15.4. The van der Waals surface area contributed by atoms with Gasteiger partial charge in [0.15, 0.2) is 6.61 Å². The molecule has 3 aromatic rings. The van der Waals surface area contributed by atoms with Crippen molar-refractivity contribution in [2.45, 2.75) is 0 Å². The van der Waals surface area contributed by atoms with Gasteiger partial charge in [-0.3, -0.25) is 4.79 Å². The fourth-order valence-corrected chi connectivity index (χ4v) is 3.65. The number of para-hydroxylation sites is 1. The molecule has 0 aliphatic carbocycles. The molecule has 1 aromatic carbocycles. The molecule has 0 fully saturated rings. The van der Waals surface area contributed by atoms with E-state index in [0.717, 1.165) is 9.75 Å². The minimum absolute atomic E-state index is 0.342. The monoisotopic (exact) mass is 394 g/mol. The van der Waals surface area contributed by atoms with Gasteiger partial charge in [0.05, 0.1) is 16.8 Å². The predicted molar refractivity (Wildman–Crippen MR) is 107 cm³/mol. The highest BCUT2D eigenvalue weighted by Gasteiger charge is 2.17. The van der Waals surface area contributed by atoms with Gasteiger partial charge in [-0.25, -0.2) is 4.79 Å². The molecule has 134 valence electrons. The maximum Gasteiger partial charge on any atom is 0.340 e. The molecule has 3 rings (SSSR count). The van der Waals surface area contributed by atoms with E-state index in [1.807, 2.05) is 41.1 Å². The number of amides is 1. The largest absolute Gasteiger partial charge is 0.452 e. The van der Waals surface area contributed by atoms with Gasteiger partial charge in [0, 0.05) is 9.75 Å². The lowest BCUT2D eigenvalue weighted by Gasteiger charge is -2.09. The maximum atomic E-state index is 12.5. The van der Waals surface area contributed by atoms with Crippen LogP contribution in [0.4, 0.5) is 5.69 Å². The Bertz CT molecular complexity index is 1000. The van der Waals surface area contributed by atoms with Gasteiger partial charge in [-0.05, 0) is 41.1 Å². The summed E-state index contributed by atoms with van der Waals surface area (Å²) in [6.07, 6.45) is 1.75. The van der Waals surface area contributed by atoms with Crippen molar-refractivity contribution in [2.24, 2.45) is 0 Å². The van der Waals surface area contributed by atoms with Crippen molar-refractivity contribution in [2.75, 3.05) is 11.9 Å². The Morgan fingerprint density at radius 2 is 1.85 bits per heavy atom. The Morgan fingerprint density at radius 1 is 1.07 bits per heavy atom. The van der Waals surface area contributed by atoms with Crippen molar-refractivity contribution < 1.29 is 14.3 Å². The summed E-state index contributed by atoms with van der Waals surface area (Å²) < 4.78 is 5.19. The number of hydrogen-bond acceptors (Lipinski definition) is 6. The standard InChI is InChI=1S/C20H14N2O3S2/c21-12-14-5-1-2-7-17(14)22-19(23)13-25-20(24)16(18-8-4-10-27-18)11-15-6-3-9-26-15/h1-11H,13H2,(H,22,23)/b16-11+. The second kappa shape index (κ2) is 8.94. The fourth-order valence-electron chi connectivity index (χ4n) is 2.26. The third-order valence-electron chi connectivity index (χ3n) is 3.49. The van der Waals surface area contributed by atoms with E-state index in [4.69, 9.17) is 10.00 Å². The summed E-state index contributed by atoms with van der Waals surface area (Å²) in [5.41, 5.74) is 1.13. The zero-order valence-electron chi connectivity index (χ0n) is 14.0. The van der Waals surface area contributed by atoms with Gasteiger partial charge in [-0.15, -0.1) is 22.7 Å². The van der Waals surface area contributed by atoms with Crippen LogP contribution in [-0.4, -0.2) is 18.5 Å². The molecule has 2 aromatic heterocycles. The molecule has 0 aliphatic rings. The van der Waals surface area contributed by atoms with Crippen molar-refractivity contribution >= 4 is 51.9 Å². The summed E-state index contributed by atoms with van der Waals surface area (Å²) in [5.74, 6) is -1.08. The molecular formula is C20H14N2O3S2. The van der Waals surface area contributed by atoms with Crippen LogP contribution in [-0.2, 0) is 14.3 Å². The normalized spacial score (nSPS) is 10.9. The Hall–Kier alpha value is -3.21. The minimum Gasteiger partial charge on any atom is -0.452 e. The van der Waals surface area contributed by atoms with Crippen LogP contribution in [0.5, 0.6) is 0 Å². The van der Waals surface area contributed by atoms with Crippen molar-refractivity contribution in [3.8, 4) is 6.07 Å². The lowest BCUT2D eigenvalue weighted by atomic mass is 10.2. The summed E-state index contributed by atoms with van der Waals surface area (Å²) in [7, 11) is 0. The first-order valence-corrected chi connectivity index (χ1v) is 9.68. The van der Waals surface area contributed by atoms with Crippen LogP contribution < -0.4 is 5.32 Å². The van der Waals surface area contributed by atoms with Gasteiger partial charge in [-0.1, -0.05) is 24.3 Å². The quantitative estimate of drug-likeness (QED) is 0.496. The zero-order valence-corrected chi connectivity index (χ0v) is 15.7. The van der Waals surface area contributed by atoms with Crippen LogP contribution in [0.1, 0.15) is 15.3 Å². The molecule has 0 aliphatic heterocycles. The van der Waals surface area contributed by atoms with Crippen LogP contribution in [0.2, 0.25) is 0 Å². The van der Waals surface area contributed by atoms with Gasteiger partial charge < -0.3 is 10.1 Å². The van der Waals surface area contributed by atoms with E-state index in [0.29, 0.717) is 16.8 Å². The van der Waals surface area contributed by atoms with Crippen molar-refractivity contribution in [3.63, 3.8) is 0 Å². The molecule has 0 saturated heterocycles. The average molecular weight is 394 g/mol. The highest BCUT2D eigenvalue weighted by molar-refractivity contribution is 7.12. The molecule has 0 bridgehead atoms. The number of nitrogens with one attached hydrogen (secondary N) is 1. The Morgan fingerprint density at radius 3 is 2.56 bits per heavy atom. The van der Waals surface area contributed by atoms with Gasteiger partial charge in [0.25, 0.3) is 5.91 Å². The molecule has 27 heavy (non-hydrogen) atoms. The number of esters is 1. The van der Waals surface area contributed by atoms with Crippen LogP contribution in [0.25, 0.3) is 11.6 Å². The lowest BCUT2D eigenvalue weighted by Crippen LogP contribution is -2.21. The van der Waals surface area contributed by atoms with Gasteiger partial charge in [-0.2, -0.15) is 5.26 Å². The number of nitrogens with zero attached hydrogens (tertiary/aromatic N) is 1. The molecule has 0 radical (unpaired) electrons. The smallest absolute Gasteiger partial charge is 0.340 e. The van der Waals surface area contributed by atoms with E-state index in [9.17, 15) is 9.59 Å². The van der Waals surface area contributed by atoms with E-state index >= 15 is 0 Å². The molecule has 0 unspecified atom stereocenters. The first-order valence-electron chi connectivity index (χ1n) is 7.92. The summed E-state index contributed by atoms with van der Waals surface area (Å²) >= 11 is 2.93. The molecule has 0 saturated carbocycles. The minimum atomic E-state index is -0.574. The van der Waals surface area contributed by atoms with Crippen LogP contribution >= 0.6 is 22.7 Å². The average Bonchev–Trinajstić information content (AvgIpc) is 3.38. The third kappa shape index (κ3) is 4.91. The summed E-state index contributed by atoms with van der Waals surface area (Å²) in [6.45, 7) is -0.439. The van der Waals surface area contributed by atoms with Gasteiger partial charge in [0.2, 0.25) is 0 Å². The molecule has 7 heteroatoms. The summed E-state index contributed by atoms with van der Waals surface area (Å²) in [4.78, 5) is 26.3. The SMILES string of the molecule is N#Cc1ccccc1NC(=O)COC(=O)/C(=C/c1cccs1)c1cccs1. The number of thiophene rings is 2. The van der Waals surface area contributed by atoms with E-state index in [1.165, 1.54) is 22.7 Å². The maximum absolute atomic E-state index is 12.5. The highest BCUT2D eigenvalue weighted by atomic mass is 32.1. The Kier molecular flexibility index (Phi) is 6.15. The molecule has 0 atom stereocenters. The Labute approximate surface area is 164 Å². The third-order valence-corrected chi connectivity index (χ3v) is 5.21. The molecule has 1 amide bonds. The zero-order chi connectivity index (χ0) is 19.1. The summed E-state index contributed by atoms with van der Waals surface area (Å²) in [6, 6.07) is 16.1. The van der Waals surface area contributed by atoms with Crippen LogP contribution in [0.15, 0.2) is 59.3 Å². The second-order valence-corrected chi connectivity index (χ2v) is 7.26. The second-order valence-electron chi connectivity index (χ2n) is 5.33. The molecule has 2 heterocycles. The Balaban J connectivity index is 1.68. The molecule has 0 spiro atoms. The molecular weight excluding hydrogens is 380 g/mol. The molecule has 1 N–H and O–H groups in total. The number of hydrogen-bond donors (Lipinski definition) is 1. The highest BCUT2D eigenvalue weighted by Crippen LogP contribution is 2.25. The van der Waals surface area contributed by atoms with Crippen molar-refractivity contribution in [1.82, 2.24) is 0 Å². The first kappa shape index (κ1) is 18.6.